The number of hydrogen-bond donors (Lipinski definition) is 2. The Hall–Kier alpha value is -4.11. The van der Waals surface area contributed by atoms with E-state index in [1.54, 1.807) is 35.4 Å². The number of hydrogen-bond acceptors (Lipinski definition) is 4. The zero-order valence-electron chi connectivity index (χ0n) is 17.4. The molecule has 0 spiro atoms. The second-order valence-corrected chi connectivity index (χ2v) is 8.14. The van der Waals surface area contributed by atoms with E-state index >= 15 is 0 Å². The van der Waals surface area contributed by atoms with Crippen molar-refractivity contribution in [3.63, 3.8) is 0 Å². The molecule has 9 nitrogen and oxygen atoms in total. The third-order valence-electron chi connectivity index (χ3n) is 5.75. The van der Waals surface area contributed by atoms with Gasteiger partial charge in [-0.25, -0.2) is 9.78 Å². The first-order valence-corrected chi connectivity index (χ1v) is 10.6. The topological polar surface area (TPSA) is 125 Å². The molecule has 1 unspecified atom stereocenters. The van der Waals surface area contributed by atoms with Crippen LogP contribution in [0.3, 0.4) is 0 Å². The first kappa shape index (κ1) is 20.8. The van der Waals surface area contributed by atoms with E-state index in [-0.39, 0.29) is 5.56 Å². The number of imidazole rings is 1. The zero-order chi connectivity index (χ0) is 23.1. The Morgan fingerprint density at radius 2 is 1.85 bits per heavy atom. The van der Waals surface area contributed by atoms with E-state index in [4.69, 9.17) is 23.1 Å². The standard InChI is InChI=1S/C23H20ClN7O2/c24-16-3-1-2-15(12-16)19-18(22(25)32)21-20(30(23(26)33)10-11-31(21)28-19)14-4-6-17(7-5-14)29-9-8-27-13-29/h1-9,12-13,20H,10-11H2,(H2,25,32)(H2,26,33). The normalized spacial score (nSPS) is 15.3. The van der Waals surface area contributed by atoms with E-state index in [2.05, 4.69) is 10.1 Å². The van der Waals surface area contributed by atoms with Gasteiger partial charge in [0.25, 0.3) is 5.91 Å². The van der Waals surface area contributed by atoms with Crippen LogP contribution in [0.5, 0.6) is 0 Å². The minimum Gasteiger partial charge on any atom is -0.365 e. The van der Waals surface area contributed by atoms with Gasteiger partial charge >= 0.3 is 6.03 Å². The van der Waals surface area contributed by atoms with Crippen LogP contribution in [-0.2, 0) is 6.54 Å². The molecule has 10 heteroatoms. The number of amides is 3. The lowest BCUT2D eigenvalue weighted by Gasteiger charge is -2.35. The summed E-state index contributed by atoms with van der Waals surface area (Å²) in [6, 6.07) is 13.4. The first-order chi connectivity index (χ1) is 15.9. The van der Waals surface area contributed by atoms with E-state index in [1.807, 2.05) is 41.1 Å². The number of carbonyl (C=O) groups excluding carboxylic acids is 2. The molecule has 166 valence electrons. The minimum absolute atomic E-state index is 0.243. The average molecular weight is 462 g/mol. The largest absolute Gasteiger partial charge is 0.365 e. The first-order valence-electron chi connectivity index (χ1n) is 10.2. The number of nitrogens with two attached hydrogens (primary N) is 2. The maximum atomic E-state index is 12.7. The van der Waals surface area contributed by atoms with E-state index in [1.165, 1.54) is 4.90 Å². The van der Waals surface area contributed by atoms with Crippen molar-refractivity contribution in [2.24, 2.45) is 11.5 Å². The number of benzene rings is 2. The molecule has 3 heterocycles. The summed E-state index contributed by atoms with van der Waals surface area (Å²) in [7, 11) is 0. The number of urea groups is 1. The predicted molar refractivity (Wildman–Crippen MR) is 123 cm³/mol. The Kier molecular flexibility index (Phi) is 5.10. The lowest BCUT2D eigenvalue weighted by molar-refractivity contribution is 0.0995. The lowest BCUT2D eigenvalue weighted by atomic mass is 9.94. The van der Waals surface area contributed by atoms with Gasteiger partial charge in [0.1, 0.15) is 11.7 Å². The highest BCUT2D eigenvalue weighted by Gasteiger charge is 2.37. The highest BCUT2D eigenvalue weighted by molar-refractivity contribution is 6.30. The quantitative estimate of drug-likeness (QED) is 0.484. The molecule has 0 saturated carbocycles. The van der Waals surface area contributed by atoms with Gasteiger partial charge in [0.05, 0.1) is 24.1 Å². The van der Waals surface area contributed by atoms with Gasteiger partial charge in [-0.05, 0) is 29.8 Å². The fourth-order valence-electron chi connectivity index (χ4n) is 4.30. The molecule has 33 heavy (non-hydrogen) atoms. The fourth-order valence-corrected chi connectivity index (χ4v) is 4.49. The van der Waals surface area contributed by atoms with Crippen LogP contribution in [0.2, 0.25) is 5.02 Å². The van der Waals surface area contributed by atoms with Crippen LogP contribution in [-0.4, -0.2) is 42.7 Å². The summed E-state index contributed by atoms with van der Waals surface area (Å²) in [5.41, 5.74) is 15.1. The smallest absolute Gasteiger partial charge is 0.315 e. The van der Waals surface area contributed by atoms with Crippen LogP contribution < -0.4 is 11.5 Å². The molecule has 0 aliphatic carbocycles. The van der Waals surface area contributed by atoms with Crippen LogP contribution in [0.15, 0.2) is 67.3 Å². The van der Waals surface area contributed by atoms with Gasteiger partial charge in [0.15, 0.2) is 0 Å². The Labute approximate surface area is 194 Å². The number of rotatable bonds is 4. The van der Waals surface area contributed by atoms with Crippen molar-refractivity contribution in [3.8, 4) is 16.9 Å². The molecule has 2 aromatic heterocycles. The van der Waals surface area contributed by atoms with E-state index in [0.29, 0.717) is 35.1 Å². The Balaban J connectivity index is 1.68. The summed E-state index contributed by atoms with van der Waals surface area (Å²) in [4.78, 5) is 30.6. The molecule has 1 atom stereocenters. The summed E-state index contributed by atoms with van der Waals surface area (Å²) in [5.74, 6) is -0.641. The van der Waals surface area contributed by atoms with E-state index in [9.17, 15) is 9.59 Å². The summed E-state index contributed by atoms with van der Waals surface area (Å²) in [5, 5.41) is 5.19. The third kappa shape index (κ3) is 3.62. The third-order valence-corrected chi connectivity index (χ3v) is 5.99. The summed E-state index contributed by atoms with van der Waals surface area (Å²) in [6.07, 6.45) is 5.23. The Bertz CT molecular complexity index is 1350. The summed E-state index contributed by atoms with van der Waals surface area (Å²) >= 11 is 6.17. The molecule has 4 aromatic rings. The number of fused-ring (bicyclic) bond motifs is 1. The van der Waals surface area contributed by atoms with Gasteiger partial charge in [0.2, 0.25) is 0 Å². The van der Waals surface area contributed by atoms with Crippen molar-refractivity contribution in [3.05, 3.63) is 89.1 Å². The molecular weight excluding hydrogens is 442 g/mol. The SMILES string of the molecule is NC(=O)c1c(-c2cccc(Cl)c2)nn2c1C(c1ccc(-n3ccnc3)cc1)N(C(N)=O)CC2. The van der Waals surface area contributed by atoms with Gasteiger partial charge in [-0.15, -0.1) is 0 Å². The van der Waals surface area contributed by atoms with Crippen molar-refractivity contribution in [2.75, 3.05) is 6.54 Å². The van der Waals surface area contributed by atoms with E-state index in [0.717, 1.165) is 11.3 Å². The van der Waals surface area contributed by atoms with Crippen molar-refractivity contribution < 1.29 is 9.59 Å². The van der Waals surface area contributed by atoms with Crippen LogP contribution in [0.4, 0.5) is 4.79 Å². The van der Waals surface area contributed by atoms with Crippen LogP contribution >= 0.6 is 11.6 Å². The Morgan fingerprint density at radius 1 is 1.06 bits per heavy atom. The Morgan fingerprint density at radius 3 is 2.48 bits per heavy atom. The highest BCUT2D eigenvalue weighted by atomic mass is 35.5. The van der Waals surface area contributed by atoms with Crippen LogP contribution in [0, 0.1) is 0 Å². The monoisotopic (exact) mass is 461 g/mol. The molecule has 0 radical (unpaired) electrons. The van der Waals surface area contributed by atoms with Crippen molar-refractivity contribution in [2.45, 2.75) is 12.6 Å². The van der Waals surface area contributed by atoms with Gasteiger partial charge in [-0.3, -0.25) is 9.48 Å². The molecule has 2 aromatic carbocycles. The number of halogens is 1. The van der Waals surface area contributed by atoms with Gasteiger partial charge in [-0.2, -0.15) is 5.10 Å². The average Bonchev–Trinajstić information content (AvgIpc) is 3.46. The lowest BCUT2D eigenvalue weighted by Crippen LogP contribution is -2.46. The number of carbonyl (C=O) groups is 2. The molecule has 0 saturated heterocycles. The van der Waals surface area contributed by atoms with Crippen molar-refractivity contribution >= 4 is 23.5 Å². The zero-order valence-corrected chi connectivity index (χ0v) is 18.2. The molecule has 4 N–H and O–H groups in total. The fraction of sp³-hybridized carbons (Fsp3) is 0.130. The van der Waals surface area contributed by atoms with Gasteiger partial charge < -0.3 is 20.9 Å². The molecule has 0 fully saturated rings. The summed E-state index contributed by atoms with van der Waals surface area (Å²) in [6.45, 7) is 0.716. The predicted octanol–water partition coefficient (Wildman–Crippen LogP) is 2.97. The molecule has 1 aliphatic rings. The van der Waals surface area contributed by atoms with Crippen molar-refractivity contribution in [1.82, 2.24) is 24.2 Å². The minimum atomic E-state index is -0.641. The number of primary amides is 2. The molecular formula is C23H20ClN7O2. The second-order valence-electron chi connectivity index (χ2n) is 7.70. The molecule has 0 bridgehead atoms. The number of nitrogens with zero attached hydrogens (tertiary/aromatic N) is 5. The molecule has 5 rings (SSSR count). The van der Waals surface area contributed by atoms with E-state index < -0.39 is 18.0 Å². The molecule has 3 amide bonds. The van der Waals surface area contributed by atoms with Crippen molar-refractivity contribution in [1.29, 1.82) is 0 Å². The highest BCUT2D eigenvalue weighted by Crippen LogP contribution is 2.38. The maximum absolute atomic E-state index is 12.7. The molecule has 1 aliphatic heterocycles. The summed E-state index contributed by atoms with van der Waals surface area (Å²) < 4.78 is 3.59. The van der Waals surface area contributed by atoms with Gasteiger partial charge in [-0.1, -0.05) is 35.9 Å². The van der Waals surface area contributed by atoms with Crippen LogP contribution in [0.1, 0.15) is 27.7 Å². The second kappa shape index (κ2) is 8.10. The maximum Gasteiger partial charge on any atom is 0.315 e. The van der Waals surface area contributed by atoms with Crippen LogP contribution in [0.25, 0.3) is 16.9 Å². The number of aromatic nitrogens is 4. The van der Waals surface area contributed by atoms with Gasteiger partial charge in [0, 0.05) is 35.2 Å².